The number of nitrogens with zero attached hydrogens (tertiary/aromatic N) is 3. The van der Waals surface area contributed by atoms with Crippen molar-refractivity contribution in [1.82, 2.24) is 14.9 Å². The quantitative estimate of drug-likeness (QED) is 0.423. The molecule has 0 saturated heterocycles. The lowest BCUT2D eigenvalue weighted by atomic mass is 9.87. The van der Waals surface area contributed by atoms with Crippen molar-refractivity contribution in [3.63, 3.8) is 0 Å². The third-order valence-electron chi connectivity index (χ3n) is 3.95. The minimum Gasteiger partial charge on any atom is -0.250 e. The maximum atomic E-state index is 6.21. The maximum Gasteiger partial charge on any atom is 0.216 e. The standard InChI is InChI=1S/C19H18Cl2N4S/c1-19(2,3)14-9-7-12(8-10-14)17-23-24-18(26)25(17)22-11-13-5-4-6-15(20)16(13)21/h4-11H,1-3H3,(H,24,26)/b22-11+. The summed E-state index contributed by atoms with van der Waals surface area (Å²) in [4.78, 5) is 0. The molecule has 0 atom stereocenters. The number of hydrogen-bond acceptors (Lipinski definition) is 3. The SMILES string of the molecule is CC(C)(C)c1ccc(-c2n[nH]c(=S)n2/N=C/c2cccc(Cl)c2Cl)cc1. The van der Waals surface area contributed by atoms with Gasteiger partial charge in [0.05, 0.1) is 16.3 Å². The average molecular weight is 405 g/mol. The summed E-state index contributed by atoms with van der Waals surface area (Å²) in [7, 11) is 0. The Hall–Kier alpha value is -1.95. The Morgan fingerprint density at radius 1 is 1.12 bits per heavy atom. The van der Waals surface area contributed by atoms with E-state index in [-0.39, 0.29) is 5.41 Å². The third kappa shape index (κ3) is 3.90. The molecule has 1 aromatic heterocycles. The van der Waals surface area contributed by atoms with Crippen LogP contribution in [-0.2, 0) is 5.41 Å². The molecule has 0 bridgehead atoms. The topological polar surface area (TPSA) is 46.0 Å². The molecule has 4 nitrogen and oxygen atoms in total. The molecule has 7 heteroatoms. The molecular formula is C19H18Cl2N4S. The lowest BCUT2D eigenvalue weighted by molar-refractivity contribution is 0.590. The molecule has 3 aromatic rings. The number of halogens is 2. The molecule has 2 aromatic carbocycles. The van der Waals surface area contributed by atoms with E-state index in [2.05, 4.69) is 48.2 Å². The molecule has 1 N–H and O–H groups in total. The molecule has 1 heterocycles. The second-order valence-corrected chi connectivity index (χ2v) is 8.05. The van der Waals surface area contributed by atoms with Gasteiger partial charge in [-0.3, -0.25) is 0 Å². The van der Waals surface area contributed by atoms with Crippen molar-refractivity contribution < 1.29 is 0 Å². The van der Waals surface area contributed by atoms with Gasteiger partial charge in [-0.05, 0) is 29.3 Å². The summed E-state index contributed by atoms with van der Waals surface area (Å²) in [6.07, 6.45) is 1.62. The van der Waals surface area contributed by atoms with Crippen LogP contribution in [0.5, 0.6) is 0 Å². The number of hydrogen-bond donors (Lipinski definition) is 1. The molecular weight excluding hydrogens is 387 g/mol. The lowest BCUT2D eigenvalue weighted by Crippen LogP contribution is -2.10. The van der Waals surface area contributed by atoms with Crippen LogP contribution in [0.2, 0.25) is 10.0 Å². The van der Waals surface area contributed by atoms with Crippen LogP contribution in [0.15, 0.2) is 47.6 Å². The van der Waals surface area contributed by atoms with Gasteiger partial charge in [0.1, 0.15) is 0 Å². The fourth-order valence-electron chi connectivity index (χ4n) is 2.45. The summed E-state index contributed by atoms with van der Waals surface area (Å²) in [6.45, 7) is 6.53. The Morgan fingerprint density at radius 3 is 2.46 bits per heavy atom. The fourth-order valence-corrected chi connectivity index (χ4v) is 2.98. The Morgan fingerprint density at radius 2 is 1.81 bits per heavy atom. The summed E-state index contributed by atoms with van der Waals surface area (Å²) in [5.41, 5.74) is 2.96. The first-order chi connectivity index (χ1) is 12.3. The van der Waals surface area contributed by atoms with E-state index < -0.39 is 0 Å². The smallest absolute Gasteiger partial charge is 0.216 e. The molecule has 3 rings (SSSR count). The normalized spacial score (nSPS) is 12.0. The van der Waals surface area contributed by atoms with Crippen molar-refractivity contribution in [2.45, 2.75) is 26.2 Å². The van der Waals surface area contributed by atoms with E-state index in [4.69, 9.17) is 35.4 Å². The van der Waals surface area contributed by atoms with Crippen molar-refractivity contribution in [2.24, 2.45) is 5.10 Å². The number of nitrogens with one attached hydrogen (secondary N) is 1. The van der Waals surface area contributed by atoms with E-state index in [0.29, 0.717) is 26.2 Å². The van der Waals surface area contributed by atoms with E-state index in [1.807, 2.05) is 24.3 Å². The minimum absolute atomic E-state index is 0.0880. The van der Waals surface area contributed by atoms with E-state index >= 15 is 0 Å². The number of H-pyrrole nitrogens is 1. The van der Waals surface area contributed by atoms with Gasteiger partial charge in [-0.1, -0.05) is 80.4 Å². The van der Waals surface area contributed by atoms with Gasteiger partial charge < -0.3 is 0 Å². The second-order valence-electron chi connectivity index (χ2n) is 6.88. The monoisotopic (exact) mass is 404 g/mol. The molecule has 0 aliphatic heterocycles. The molecule has 0 spiro atoms. The number of aromatic amines is 1. The Labute approximate surface area is 167 Å². The Bertz CT molecular complexity index is 1010. The van der Waals surface area contributed by atoms with E-state index in [1.54, 1.807) is 17.0 Å². The van der Waals surface area contributed by atoms with Gasteiger partial charge in [-0.25, -0.2) is 5.10 Å². The summed E-state index contributed by atoms with van der Waals surface area (Å²) in [5.74, 6) is 0.629. The van der Waals surface area contributed by atoms with Crippen molar-refractivity contribution in [2.75, 3.05) is 0 Å². The van der Waals surface area contributed by atoms with Gasteiger partial charge in [0.2, 0.25) is 4.77 Å². The largest absolute Gasteiger partial charge is 0.250 e. The maximum absolute atomic E-state index is 6.21. The predicted octanol–water partition coefficient (Wildman–Crippen LogP) is 6.09. The Kier molecular flexibility index (Phi) is 5.32. The summed E-state index contributed by atoms with van der Waals surface area (Å²) in [6, 6.07) is 13.6. The van der Waals surface area contributed by atoms with E-state index in [0.717, 1.165) is 5.56 Å². The molecule has 0 radical (unpaired) electrons. The highest BCUT2D eigenvalue weighted by Gasteiger charge is 2.14. The molecule has 0 aliphatic rings. The van der Waals surface area contributed by atoms with Crippen LogP contribution in [0.4, 0.5) is 0 Å². The molecule has 0 saturated carbocycles. The zero-order valence-corrected chi connectivity index (χ0v) is 17.0. The van der Waals surface area contributed by atoms with Gasteiger partial charge >= 0.3 is 0 Å². The summed E-state index contributed by atoms with van der Waals surface area (Å²) >= 11 is 17.6. The molecule has 134 valence electrons. The Balaban J connectivity index is 1.98. The van der Waals surface area contributed by atoms with Crippen LogP contribution in [0.1, 0.15) is 31.9 Å². The van der Waals surface area contributed by atoms with Gasteiger partial charge in [0, 0.05) is 11.1 Å². The molecule has 26 heavy (non-hydrogen) atoms. The van der Waals surface area contributed by atoms with Crippen LogP contribution in [-0.4, -0.2) is 21.1 Å². The highest BCUT2D eigenvalue weighted by Crippen LogP contribution is 2.26. The average Bonchev–Trinajstić information content (AvgIpc) is 2.96. The van der Waals surface area contributed by atoms with Gasteiger partial charge in [0.15, 0.2) is 5.82 Å². The predicted molar refractivity (Wildman–Crippen MR) is 111 cm³/mol. The molecule has 0 unspecified atom stereocenters. The van der Waals surface area contributed by atoms with Crippen molar-refractivity contribution in [3.8, 4) is 11.4 Å². The minimum atomic E-state index is 0.0880. The highest BCUT2D eigenvalue weighted by atomic mass is 35.5. The van der Waals surface area contributed by atoms with Crippen LogP contribution in [0, 0.1) is 4.77 Å². The van der Waals surface area contributed by atoms with Gasteiger partial charge in [-0.2, -0.15) is 14.9 Å². The third-order valence-corrected chi connectivity index (χ3v) is 5.05. The number of aromatic nitrogens is 3. The van der Waals surface area contributed by atoms with Crippen LogP contribution >= 0.6 is 35.4 Å². The molecule has 0 amide bonds. The van der Waals surface area contributed by atoms with Crippen molar-refractivity contribution in [3.05, 3.63) is 68.4 Å². The van der Waals surface area contributed by atoms with Crippen LogP contribution < -0.4 is 0 Å². The molecule has 0 fully saturated rings. The zero-order chi connectivity index (χ0) is 18.9. The fraction of sp³-hybridized carbons (Fsp3) is 0.211. The van der Waals surface area contributed by atoms with Gasteiger partial charge in [0.25, 0.3) is 0 Å². The molecule has 0 aliphatic carbocycles. The van der Waals surface area contributed by atoms with Crippen molar-refractivity contribution >= 4 is 41.6 Å². The highest BCUT2D eigenvalue weighted by molar-refractivity contribution is 7.71. The first kappa shape index (κ1) is 18.8. The zero-order valence-electron chi connectivity index (χ0n) is 14.6. The van der Waals surface area contributed by atoms with Crippen LogP contribution in [0.25, 0.3) is 11.4 Å². The summed E-state index contributed by atoms with van der Waals surface area (Å²) in [5, 5.41) is 12.4. The first-order valence-electron chi connectivity index (χ1n) is 8.04. The van der Waals surface area contributed by atoms with E-state index in [9.17, 15) is 0 Å². The summed E-state index contributed by atoms with van der Waals surface area (Å²) < 4.78 is 1.97. The number of benzene rings is 2. The van der Waals surface area contributed by atoms with E-state index in [1.165, 1.54) is 5.56 Å². The van der Waals surface area contributed by atoms with Gasteiger partial charge in [-0.15, -0.1) is 0 Å². The first-order valence-corrected chi connectivity index (χ1v) is 9.20. The van der Waals surface area contributed by atoms with Crippen LogP contribution in [0.3, 0.4) is 0 Å². The number of rotatable bonds is 3. The second kappa shape index (κ2) is 7.35. The van der Waals surface area contributed by atoms with Crippen molar-refractivity contribution in [1.29, 1.82) is 0 Å². The lowest BCUT2D eigenvalue weighted by Gasteiger charge is -2.18.